The lowest BCUT2D eigenvalue weighted by atomic mass is 9.75. The molecule has 3 N–H and O–H groups in total. The zero-order valence-corrected chi connectivity index (χ0v) is 23.2. The summed E-state index contributed by atoms with van der Waals surface area (Å²) in [5.41, 5.74) is 9.55. The second kappa shape index (κ2) is 11.2. The number of carbonyl (C=O) groups excluding carboxylic acids is 3. The first-order valence-corrected chi connectivity index (χ1v) is 13.5. The average molecular weight is 549 g/mol. The largest absolute Gasteiger partial charge is 0.473 e. The molecule has 0 saturated carbocycles. The fourth-order valence-corrected chi connectivity index (χ4v) is 5.50. The van der Waals surface area contributed by atoms with Crippen LogP contribution in [0, 0.1) is 5.92 Å². The molecule has 4 rings (SSSR count). The Labute approximate surface area is 227 Å². The molecular weight excluding hydrogens is 510 g/mol. The zero-order valence-electron chi connectivity index (χ0n) is 23.2. The van der Waals surface area contributed by atoms with Gasteiger partial charge in [-0.05, 0) is 49.4 Å². The van der Waals surface area contributed by atoms with E-state index in [0.29, 0.717) is 25.0 Å². The summed E-state index contributed by atoms with van der Waals surface area (Å²) in [5.74, 6) is -3.59. The quantitative estimate of drug-likeness (QED) is 0.437. The third kappa shape index (κ3) is 5.94. The van der Waals surface area contributed by atoms with Crippen LogP contribution >= 0.6 is 0 Å². The third-order valence-electron chi connectivity index (χ3n) is 7.44. The van der Waals surface area contributed by atoms with Crippen molar-refractivity contribution in [3.05, 3.63) is 28.8 Å². The Morgan fingerprint density at radius 3 is 2.67 bits per heavy atom. The van der Waals surface area contributed by atoms with Crippen molar-refractivity contribution in [2.75, 3.05) is 33.7 Å². The van der Waals surface area contributed by atoms with Crippen molar-refractivity contribution in [2.45, 2.75) is 70.6 Å². The van der Waals surface area contributed by atoms with Crippen LogP contribution in [0.25, 0.3) is 5.57 Å². The number of hydrogen-bond donors (Lipinski definition) is 2. The lowest BCUT2D eigenvalue weighted by Gasteiger charge is -2.45. The predicted octanol–water partition coefficient (Wildman–Crippen LogP) is 3.00. The smallest absolute Gasteiger partial charge is 0.415 e. The number of benzene rings is 1. The van der Waals surface area contributed by atoms with Gasteiger partial charge in [0, 0.05) is 37.2 Å². The molecular formula is C28H38F2N4O5. The number of amides is 2. The number of likely N-dealkylation sites (N-methyl/N-ethyl adjacent to an activating group) is 1. The molecule has 0 radical (unpaired) electrons. The van der Waals surface area contributed by atoms with Gasteiger partial charge in [-0.15, -0.1) is 0 Å². The minimum atomic E-state index is -3.41. The van der Waals surface area contributed by atoms with Gasteiger partial charge < -0.3 is 25.4 Å². The van der Waals surface area contributed by atoms with E-state index in [9.17, 15) is 23.2 Å². The molecule has 1 fully saturated rings. The summed E-state index contributed by atoms with van der Waals surface area (Å²) in [6.07, 6.45) is 0.387. The fraction of sp³-hybridized carbons (Fsp3) is 0.607. The van der Waals surface area contributed by atoms with Crippen LogP contribution in [0.4, 0.5) is 13.6 Å². The van der Waals surface area contributed by atoms with Crippen molar-refractivity contribution >= 4 is 23.4 Å². The first-order valence-electron chi connectivity index (χ1n) is 13.5. The Balaban J connectivity index is 1.46. The number of halogens is 2. The third-order valence-corrected chi connectivity index (χ3v) is 7.44. The maximum atomic E-state index is 14.6. The predicted molar refractivity (Wildman–Crippen MR) is 142 cm³/mol. The van der Waals surface area contributed by atoms with Crippen molar-refractivity contribution in [3.8, 4) is 11.5 Å². The van der Waals surface area contributed by atoms with Gasteiger partial charge >= 0.3 is 6.09 Å². The number of likely N-dealkylation sites (tertiary alicyclic amines) is 1. The highest BCUT2D eigenvalue weighted by Gasteiger charge is 2.47. The van der Waals surface area contributed by atoms with E-state index in [2.05, 4.69) is 10.2 Å². The molecule has 2 amide bonds. The molecule has 11 heteroatoms. The molecule has 2 heterocycles. The van der Waals surface area contributed by atoms with Crippen LogP contribution in [-0.2, 0) is 16.0 Å². The van der Waals surface area contributed by atoms with Gasteiger partial charge in [0.15, 0.2) is 23.4 Å². The van der Waals surface area contributed by atoms with Gasteiger partial charge in [0.2, 0.25) is 5.91 Å². The normalized spacial score (nSPS) is 20.5. The monoisotopic (exact) mass is 548 g/mol. The summed E-state index contributed by atoms with van der Waals surface area (Å²) in [6, 6.07) is 2.75. The van der Waals surface area contributed by atoms with Crippen LogP contribution in [-0.4, -0.2) is 85.4 Å². The summed E-state index contributed by atoms with van der Waals surface area (Å²) in [4.78, 5) is 40.8. The zero-order chi connectivity index (χ0) is 28.6. The molecule has 1 aromatic rings. The highest BCUT2D eigenvalue weighted by Crippen LogP contribution is 2.53. The molecule has 1 unspecified atom stereocenters. The number of rotatable bonds is 11. The topological polar surface area (TPSA) is 114 Å². The molecule has 1 aromatic carbocycles. The lowest BCUT2D eigenvalue weighted by molar-refractivity contribution is -0.125. The Bertz CT molecular complexity index is 1180. The van der Waals surface area contributed by atoms with E-state index in [4.69, 9.17) is 15.2 Å². The number of Topliss-reactive ketones (excluding diaryl/α,β-unsaturated/α-hetero) is 1. The molecule has 2 aliphatic heterocycles. The maximum Gasteiger partial charge on any atom is 0.415 e. The molecule has 1 saturated heterocycles. The van der Waals surface area contributed by atoms with E-state index < -0.39 is 43.2 Å². The summed E-state index contributed by atoms with van der Waals surface area (Å²) in [7, 11) is 3.23. The van der Waals surface area contributed by atoms with Gasteiger partial charge in [0.25, 0.3) is 5.92 Å². The van der Waals surface area contributed by atoms with Crippen LogP contribution in [0.5, 0.6) is 11.5 Å². The fourth-order valence-electron chi connectivity index (χ4n) is 5.50. The van der Waals surface area contributed by atoms with Crippen LogP contribution in [0.2, 0.25) is 0 Å². The number of alkyl halides is 2. The number of fused-ring (bicyclic) bond motifs is 1. The lowest BCUT2D eigenvalue weighted by Crippen LogP contribution is -2.51. The number of ether oxygens (including phenoxy) is 2. The molecule has 1 aliphatic carbocycles. The average Bonchev–Trinajstić information content (AvgIpc) is 3.25. The Hall–Kier alpha value is -3.05. The van der Waals surface area contributed by atoms with Crippen LogP contribution in [0.3, 0.4) is 0 Å². The molecule has 214 valence electrons. The summed E-state index contributed by atoms with van der Waals surface area (Å²) in [6.45, 7) is 4.48. The van der Waals surface area contributed by atoms with E-state index in [1.165, 1.54) is 7.05 Å². The van der Waals surface area contributed by atoms with Crippen molar-refractivity contribution in [2.24, 2.45) is 11.7 Å². The summed E-state index contributed by atoms with van der Waals surface area (Å²) >= 11 is 0. The maximum absolute atomic E-state index is 14.6. The van der Waals surface area contributed by atoms with Crippen LogP contribution < -0.4 is 20.5 Å². The first-order chi connectivity index (χ1) is 18.3. The first kappa shape index (κ1) is 28.9. The molecule has 3 atom stereocenters. The number of hydrogen-bond acceptors (Lipinski definition) is 7. The molecule has 0 bridgehead atoms. The SMILES string of the molecule is CCCC(=O)C1Oc2c(OC(=O)N(C)CC(F)(F)CNC(=O)[C@@H](N)CC(C)C)ccc3c2C1=C1CN(C)[C@@H]1C3. The Morgan fingerprint density at radius 1 is 1.31 bits per heavy atom. The minimum Gasteiger partial charge on any atom is -0.473 e. The highest BCUT2D eigenvalue weighted by molar-refractivity contribution is 6.02. The van der Waals surface area contributed by atoms with Crippen molar-refractivity contribution in [3.63, 3.8) is 0 Å². The summed E-state index contributed by atoms with van der Waals surface area (Å²) in [5, 5.41) is 2.17. The molecule has 39 heavy (non-hydrogen) atoms. The number of nitrogens with two attached hydrogens (primary N) is 1. The van der Waals surface area contributed by atoms with Crippen LogP contribution in [0.15, 0.2) is 17.7 Å². The van der Waals surface area contributed by atoms with E-state index in [0.717, 1.165) is 40.1 Å². The van der Waals surface area contributed by atoms with E-state index >= 15 is 0 Å². The van der Waals surface area contributed by atoms with Crippen molar-refractivity contribution < 1.29 is 32.6 Å². The second-order valence-electron chi connectivity index (χ2n) is 11.2. The highest BCUT2D eigenvalue weighted by atomic mass is 19.3. The second-order valence-corrected chi connectivity index (χ2v) is 11.2. The number of nitrogens with one attached hydrogen (secondary N) is 1. The van der Waals surface area contributed by atoms with E-state index in [-0.39, 0.29) is 23.5 Å². The number of nitrogens with zero attached hydrogens (tertiary/aromatic N) is 2. The van der Waals surface area contributed by atoms with Gasteiger partial charge in [0.1, 0.15) is 0 Å². The summed E-state index contributed by atoms with van der Waals surface area (Å²) < 4.78 is 40.8. The minimum absolute atomic E-state index is 0.0402. The van der Waals surface area contributed by atoms with Crippen LogP contribution in [0.1, 0.15) is 51.2 Å². The Morgan fingerprint density at radius 2 is 2.03 bits per heavy atom. The van der Waals surface area contributed by atoms with E-state index in [1.54, 1.807) is 6.07 Å². The van der Waals surface area contributed by atoms with Gasteiger partial charge in [-0.2, -0.15) is 0 Å². The standard InChI is InChI=1S/C28H38F2N4O5/c1-6-7-20(35)24-23-17-12-33(4)19(17)11-16-8-9-21(25(39-24)22(16)23)38-27(37)34(5)14-28(29,30)13-32-26(36)18(31)10-15(2)3/h8-9,15,18-19,24H,6-7,10-14,31H2,1-5H3,(H,32,36)/t18-,19+,24?/m0/s1. The number of ketones is 1. The number of carbonyl (C=O) groups is 3. The van der Waals surface area contributed by atoms with Gasteiger partial charge in [0.05, 0.1) is 19.1 Å². The Kier molecular flexibility index (Phi) is 8.32. The van der Waals surface area contributed by atoms with Crippen molar-refractivity contribution in [1.82, 2.24) is 15.1 Å². The van der Waals surface area contributed by atoms with Gasteiger partial charge in [-0.1, -0.05) is 26.8 Å². The molecule has 9 nitrogen and oxygen atoms in total. The molecule has 0 aromatic heterocycles. The van der Waals surface area contributed by atoms with Gasteiger partial charge in [-0.25, -0.2) is 13.6 Å². The van der Waals surface area contributed by atoms with Crippen molar-refractivity contribution in [1.29, 1.82) is 0 Å². The van der Waals surface area contributed by atoms with E-state index in [1.807, 2.05) is 33.9 Å². The molecule has 0 spiro atoms. The molecule has 3 aliphatic rings. The van der Waals surface area contributed by atoms with Gasteiger partial charge in [-0.3, -0.25) is 14.5 Å².